The highest BCUT2D eigenvalue weighted by Gasteiger charge is 2.12. The van der Waals surface area contributed by atoms with E-state index >= 15 is 0 Å². The molecule has 2 aromatic rings. The lowest BCUT2D eigenvalue weighted by Gasteiger charge is -2.19. The van der Waals surface area contributed by atoms with Crippen LogP contribution in [0.15, 0.2) is 28.2 Å². The average molecular weight is 342 g/mol. The molecule has 0 fully saturated rings. The van der Waals surface area contributed by atoms with Gasteiger partial charge in [-0.2, -0.15) is 0 Å². The van der Waals surface area contributed by atoms with Crippen LogP contribution in [-0.2, 0) is 6.54 Å². The van der Waals surface area contributed by atoms with Crippen LogP contribution >= 0.6 is 27.3 Å². The van der Waals surface area contributed by atoms with E-state index in [-0.39, 0.29) is 0 Å². The zero-order chi connectivity index (χ0) is 13.8. The van der Waals surface area contributed by atoms with Crippen LogP contribution in [0.1, 0.15) is 4.88 Å². The van der Waals surface area contributed by atoms with Crippen molar-refractivity contribution in [3.05, 3.63) is 33.1 Å². The van der Waals surface area contributed by atoms with Crippen molar-refractivity contribution in [1.82, 2.24) is 4.98 Å². The smallest absolute Gasteiger partial charge is 0.239 e. The lowest BCUT2D eigenvalue weighted by molar-refractivity contribution is 0.400. The molecule has 19 heavy (non-hydrogen) atoms. The van der Waals surface area contributed by atoms with Crippen LogP contribution in [0.25, 0.3) is 0 Å². The van der Waals surface area contributed by atoms with Crippen molar-refractivity contribution in [2.45, 2.75) is 6.54 Å². The molecule has 0 aliphatic heterocycles. The summed E-state index contributed by atoms with van der Waals surface area (Å²) in [4.78, 5) is 7.53. The van der Waals surface area contributed by atoms with Gasteiger partial charge in [0.15, 0.2) is 0 Å². The Morgan fingerprint density at radius 3 is 2.84 bits per heavy atom. The van der Waals surface area contributed by atoms with Gasteiger partial charge >= 0.3 is 0 Å². The number of nitrogens with one attached hydrogen (secondary N) is 1. The van der Waals surface area contributed by atoms with Gasteiger partial charge in [0.1, 0.15) is 5.69 Å². The fourth-order valence-corrected chi connectivity index (χ4v) is 3.14. The Labute approximate surface area is 125 Å². The fraction of sp³-hybridized carbons (Fsp3) is 0.308. The summed E-state index contributed by atoms with van der Waals surface area (Å²) in [7, 11) is 5.64. The van der Waals surface area contributed by atoms with Crippen molar-refractivity contribution in [3.63, 3.8) is 0 Å². The molecule has 4 nitrogen and oxygen atoms in total. The number of nitrogens with zero attached hydrogens (tertiary/aromatic N) is 2. The van der Waals surface area contributed by atoms with Gasteiger partial charge in [-0.15, -0.1) is 11.3 Å². The molecule has 2 heterocycles. The van der Waals surface area contributed by atoms with Crippen molar-refractivity contribution >= 4 is 38.6 Å². The van der Waals surface area contributed by atoms with Gasteiger partial charge in [0.2, 0.25) is 5.88 Å². The number of pyridine rings is 1. The van der Waals surface area contributed by atoms with E-state index in [1.165, 1.54) is 4.88 Å². The van der Waals surface area contributed by atoms with Gasteiger partial charge in [0.05, 0.1) is 12.8 Å². The number of hydrogen-bond acceptors (Lipinski definition) is 5. The van der Waals surface area contributed by atoms with E-state index in [0.717, 1.165) is 22.4 Å². The third-order valence-electron chi connectivity index (χ3n) is 2.63. The third kappa shape index (κ3) is 3.39. The second kappa shape index (κ2) is 6.25. The maximum absolute atomic E-state index is 5.32. The highest BCUT2D eigenvalue weighted by Crippen LogP contribution is 2.33. The molecule has 2 rings (SSSR count). The number of methoxy groups -OCH3 is 1. The molecule has 0 radical (unpaired) electrons. The minimum absolute atomic E-state index is 0.613. The van der Waals surface area contributed by atoms with Crippen LogP contribution in [-0.4, -0.2) is 26.2 Å². The average Bonchev–Trinajstić information content (AvgIpc) is 2.81. The Morgan fingerprint density at radius 1 is 1.47 bits per heavy atom. The zero-order valence-corrected chi connectivity index (χ0v) is 13.5. The summed E-state index contributed by atoms with van der Waals surface area (Å²) in [5.41, 5.74) is 1.97. The standard InChI is InChI=1S/C13H16BrN3OS/c1-17(2)11-4-5-15-13(18-3)12(11)16-7-10-6-9(14)8-19-10/h4-6,8,16H,7H2,1-3H3. The Balaban J connectivity index is 2.22. The highest BCUT2D eigenvalue weighted by atomic mass is 79.9. The summed E-state index contributed by atoms with van der Waals surface area (Å²) < 4.78 is 6.44. The summed E-state index contributed by atoms with van der Waals surface area (Å²) in [6, 6.07) is 4.07. The molecule has 0 aliphatic carbocycles. The minimum atomic E-state index is 0.613. The van der Waals surface area contributed by atoms with Crippen LogP contribution < -0.4 is 15.0 Å². The van der Waals surface area contributed by atoms with Crippen LogP contribution in [0.2, 0.25) is 0 Å². The molecular weight excluding hydrogens is 326 g/mol. The fourth-order valence-electron chi connectivity index (χ4n) is 1.75. The number of hydrogen-bond donors (Lipinski definition) is 1. The van der Waals surface area contributed by atoms with Crippen molar-refractivity contribution in [2.75, 3.05) is 31.4 Å². The highest BCUT2D eigenvalue weighted by molar-refractivity contribution is 9.10. The molecule has 0 atom stereocenters. The van der Waals surface area contributed by atoms with Crippen molar-refractivity contribution in [1.29, 1.82) is 0 Å². The Bertz CT molecular complexity index is 557. The molecule has 0 saturated heterocycles. The van der Waals surface area contributed by atoms with Crippen molar-refractivity contribution < 1.29 is 4.74 Å². The first-order valence-corrected chi connectivity index (χ1v) is 7.46. The Hall–Kier alpha value is -1.27. The topological polar surface area (TPSA) is 37.4 Å². The number of ether oxygens (including phenoxy) is 1. The minimum Gasteiger partial charge on any atom is -0.479 e. The van der Waals surface area contributed by atoms with Crippen LogP contribution in [0, 0.1) is 0 Å². The summed E-state index contributed by atoms with van der Waals surface area (Å²) in [6.07, 6.45) is 1.75. The van der Waals surface area contributed by atoms with E-state index in [0.29, 0.717) is 5.88 Å². The number of rotatable bonds is 5. The summed E-state index contributed by atoms with van der Waals surface area (Å²) in [6.45, 7) is 0.749. The monoisotopic (exact) mass is 341 g/mol. The SMILES string of the molecule is COc1nccc(N(C)C)c1NCc1cc(Br)cs1. The second-order valence-electron chi connectivity index (χ2n) is 4.19. The summed E-state index contributed by atoms with van der Waals surface area (Å²) >= 11 is 5.17. The lowest BCUT2D eigenvalue weighted by atomic mass is 10.3. The van der Waals surface area contributed by atoms with E-state index in [1.807, 2.05) is 25.1 Å². The molecule has 0 spiro atoms. The molecule has 102 valence electrons. The first-order valence-electron chi connectivity index (χ1n) is 5.79. The molecule has 0 saturated carbocycles. The van der Waals surface area contributed by atoms with E-state index in [4.69, 9.17) is 4.74 Å². The number of anilines is 2. The predicted molar refractivity (Wildman–Crippen MR) is 84.5 cm³/mol. The largest absolute Gasteiger partial charge is 0.479 e. The predicted octanol–water partition coefficient (Wildman–Crippen LogP) is 3.59. The van der Waals surface area contributed by atoms with E-state index in [2.05, 4.69) is 37.7 Å². The first-order chi connectivity index (χ1) is 9.11. The normalized spacial score (nSPS) is 10.3. The maximum atomic E-state index is 5.32. The van der Waals surface area contributed by atoms with Crippen LogP contribution in [0.5, 0.6) is 5.88 Å². The van der Waals surface area contributed by atoms with E-state index in [1.54, 1.807) is 24.6 Å². The van der Waals surface area contributed by atoms with Crippen LogP contribution in [0.3, 0.4) is 0 Å². The van der Waals surface area contributed by atoms with Gasteiger partial charge in [-0.1, -0.05) is 0 Å². The van der Waals surface area contributed by atoms with Gasteiger partial charge in [-0.05, 0) is 28.1 Å². The molecule has 0 aliphatic rings. The number of halogens is 1. The molecule has 0 amide bonds. The van der Waals surface area contributed by atoms with Gasteiger partial charge in [0.25, 0.3) is 0 Å². The number of thiophene rings is 1. The maximum Gasteiger partial charge on any atom is 0.239 e. The third-order valence-corrected chi connectivity index (χ3v) is 4.33. The van der Waals surface area contributed by atoms with Gasteiger partial charge in [-0.25, -0.2) is 4.98 Å². The first kappa shape index (κ1) is 14.1. The molecule has 6 heteroatoms. The molecular formula is C13H16BrN3OS. The quantitative estimate of drug-likeness (QED) is 0.901. The second-order valence-corrected chi connectivity index (χ2v) is 6.11. The Kier molecular flexibility index (Phi) is 4.66. The molecule has 1 N–H and O–H groups in total. The summed E-state index contributed by atoms with van der Waals surface area (Å²) in [5.74, 6) is 0.613. The van der Waals surface area contributed by atoms with E-state index in [9.17, 15) is 0 Å². The molecule has 0 aromatic carbocycles. The van der Waals surface area contributed by atoms with Gasteiger partial charge in [-0.3, -0.25) is 0 Å². The van der Waals surface area contributed by atoms with Gasteiger partial charge in [0, 0.05) is 41.6 Å². The summed E-state index contributed by atoms with van der Waals surface area (Å²) in [5, 5.41) is 5.48. The van der Waals surface area contributed by atoms with Crippen molar-refractivity contribution in [2.24, 2.45) is 0 Å². The number of aromatic nitrogens is 1. The van der Waals surface area contributed by atoms with Crippen molar-refractivity contribution in [3.8, 4) is 5.88 Å². The van der Waals surface area contributed by atoms with Crippen LogP contribution in [0.4, 0.5) is 11.4 Å². The molecule has 0 unspecified atom stereocenters. The zero-order valence-electron chi connectivity index (χ0n) is 11.1. The van der Waals surface area contributed by atoms with Gasteiger partial charge < -0.3 is 15.0 Å². The Morgan fingerprint density at radius 2 is 2.26 bits per heavy atom. The molecule has 0 bridgehead atoms. The lowest BCUT2D eigenvalue weighted by Crippen LogP contribution is -2.13. The molecule has 2 aromatic heterocycles. The van der Waals surface area contributed by atoms with E-state index < -0.39 is 0 Å².